The topological polar surface area (TPSA) is 30.7 Å². The van der Waals surface area contributed by atoms with Crippen molar-refractivity contribution >= 4 is 75.0 Å². The number of hydrogen-bond acceptors (Lipinski definition) is 3. The molecule has 46 heavy (non-hydrogen) atoms. The molecular formula is C42H25N3S. The van der Waals surface area contributed by atoms with E-state index in [1.165, 1.54) is 47.5 Å². The van der Waals surface area contributed by atoms with Gasteiger partial charge in [0.2, 0.25) is 5.95 Å². The lowest BCUT2D eigenvalue weighted by molar-refractivity contribution is 1.02. The maximum Gasteiger partial charge on any atom is 0.235 e. The van der Waals surface area contributed by atoms with E-state index in [1.54, 1.807) is 0 Å². The predicted molar refractivity (Wildman–Crippen MR) is 195 cm³/mol. The highest BCUT2D eigenvalue weighted by molar-refractivity contribution is 7.25. The van der Waals surface area contributed by atoms with Crippen molar-refractivity contribution in [1.29, 1.82) is 0 Å². The summed E-state index contributed by atoms with van der Waals surface area (Å²) < 4.78 is 4.88. The van der Waals surface area contributed by atoms with Crippen molar-refractivity contribution in [2.24, 2.45) is 0 Å². The Balaban J connectivity index is 1.24. The Morgan fingerprint density at radius 1 is 0.413 bits per heavy atom. The molecule has 0 unspecified atom stereocenters. The van der Waals surface area contributed by atoms with Crippen LogP contribution in [0.2, 0.25) is 0 Å². The molecule has 0 aliphatic heterocycles. The van der Waals surface area contributed by atoms with Crippen molar-refractivity contribution < 1.29 is 0 Å². The summed E-state index contributed by atoms with van der Waals surface area (Å²) in [6.45, 7) is 0. The first-order valence-corrected chi connectivity index (χ1v) is 16.3. The summed E-state index contributed by atoms with van der Waals surface area (Å²) in [7, 11) is 0. The molecule has 3 heterocycles. The third kappa shape index (κ3) is 3.77. The predicted octanol–water partition coefficient (Wildman–Crippen LogP) is 11.6. The van der Waals surface area contributed by atoms with Gasteiger partial charge in [0.15, 0.2) is 0 Å². The number of aromatic nitrogens is 3. The number of hydrogen-bond donors (Lipinski definition) is 0. The molecule has 3 aromatic heterocycles. The van der Waals surface area contributed by atoms with Crippen molar-refractivity contribution in [1.82, 2.24) is 14.5 Å². The van der Waals surface area contributed by atoms with Crippen LogP contribution in [0.5, 0.6) is 0 Å². The van der Waals surface area contributed by atoms with Gasteiger partial charge in [0.1, 0.15) is 0 Å². The molecule has 3 nitrogen and oxygen atoms in total. The lowest BCUT2D eigenvalue weighted by atomic mass is 10.0. The second kappa shape index (κ2) is 9.83. The van der Waals surface area contributed by atoms with E-state index in [4.69, 9.17) is 9.97 Å². The highest BCUT2D eigenvalue weighted by Gasteiger charge is 2.19. The number of rotatable bonds is 3. The number of nitrogens with zero attached hydrogens (tertiary/aromatic N) is 3. The molecule has 0 saturated heterocycles. The summed E-state index contributed by atoms with van der Waals surface area (Å²) in [4.78, 5) is 10.6. The van der Waals surface area contributed by atoms with Gasteiger partial charge in [-0.2, -0.15) is 0 Å². The van der Waals surface area contributed by atoms with Crippen molar-refractivity contribution in [2.45, 2.75) is 0 Å². The normalized spacial score (nSPS) is 11.9. The molecule has 0 saturated carbocycles. The molecule has 4 heteroatoms. The van der Waals surface area contributed by atoms with E-state index in [0.717, 1.165) is 38.6 Å². The Bertz CT molecular complexity index is 2810. The average molecular weight is 604 g/mol. The quantitative estimate of drug-likeness (QED) is 0.188. The van der Waals surface area contributed by atoms with Crippen LogP contribution in [0, 0.1) is 0 Å². The molecular weight excluding hydrogens is 579 g/mol. The zero-order valence-electron chi connectivity index (χ0n) is 24.7. The zero-order chi connectivity index (χ0) is 30.2. The second-order valence-electron chi connectivity index (χ2n) is 11.8. The molecule has 0 aliphatic rings. The summed E-state index contributed by atoms with van der Waals surface area (Å²) in [6.07, 6.45) is 0. The minimum atomic E-state index is 0.674. The van der Waals surface area contributed by atoms with Crippen LogP contribution >= 0.6 is 11.3 Å². The minimum absolute atomic E-state index is 0.674. The molecule has 0 aliphatic carbocycles. The fraction of sp³-hybridized carbons (Fsp3) is 0. The molecule has 10 rings (SSSR count). The molecule has 0 spiro atoms. The van der Waals surface area contributed by atoms with Crippen molar-refractivity contribution in [3.8, 4) is 28.3 Å². The summed E-state index contributed by atoms with van der Waals surface area (Å²) >= 11 is 1.85. The van der Waals surface area contributed by atoms with Crippen molar-refractivity contribution in [3.05, 3.63) is 152 Å². The van der Waals surface area contributed by atoms with E-state index in [-0.39, 0.29) is 0 Å². The summed E-state index contributed by atoms with van der Waals surface area (Å²) in [6, 6.07) is 54.2. The van der Waals surface area contributed by atoms with Crippen molar-refractivity contribution in [2.75, 3.05) is 0 Å². The monoisotopic (exact) mass is 603 g/mol. The first-order chi connectivity index (χ1) is 22.8. The largest absolute Gasteiger partial charge is 0.278 e. The molecule has 0 fully saturated rings. The first kappa shape index (κ1) is 25.5. The van der Waals surface area contributed by atoms with Gasteiger partial charge in [-0.3, -0.25) is 4.57 Å². The smallest absolute Gasteiger partial charge is 0.235 e. The molecule has 0 radical (unpaired) electrons. The van der Waals surface area contributed by atoms with Crippen LogP contribution in [0.15, 0.2) is 152 Å². The van der Waals surface area contributed by atoms with Crippen LogP contribution in [0.3, 0.4) is 0 Å². The van der Waals surface area contributed by atoms with Crippen LogP contribution in [0.25, 0.3) is 92.0 Å². The van der Waals surface area contributed by atoms with Crippen molar-refractivity contribution in [3.63, 3.8) is 0 Å². The molecule has 10 aromatic rings. The van der Waals surface area contributed by atoms with Crippen LogP contribution < -0.4 is 0 Å². The van der Waals surface area contributed by atoms with Gasteiger partial charge in [-0.25, -0.2) is 9.97 Å². The fourth-order valence-electron chi connectivity index (χ4n) is 7.04. The van der Waals surface area contributed by atoms with E-state index >= 15 is 0 Å². The lowest BCUT2D eigenvalue weighted by Gasteiger charge is -2.13. The molecule has 7 aromatic carbocycles. The molecule has 0 amide bonds. The Morgan fingerprint density at radius 2 is 1.09 bits per heavy atom. The van der Waals surface area contributed by atoms with Gasteiger partial charge in [0, 0.05) is 47.3 Å². The first-order valence-electron chi connectivity index (χ1n) is 15.5. The van der Waals surface area contributed by atoms with E-state index in [2.05, 4.69) is 150 Å². The van der Waals surface area contributed by atoms with Gasteiger partial charge in [-0.1, -0.05) is 109 Å². The van der Waals surface area contributed by atoms with Gasteiger partial charge >= 0.3 is 0 Å². The Hall–Kier alpha value is -5.84. The highest BCUT2D eigenvalue weighted by atomic mass is 32.1. The second-order valence-corrected chi connectivity index (χ2v) is 12.9. The van der Waals surface area contributed by atoms with Gasteiger partial charge in [-0.05, 0) is 59.0 Å². The molecule has 0 N–H and O–H groups in total. The fourth-order valence-corrected chi connectivity index (χ4v) is 8.13. The number of thiophene rings is 1. The number of benzene rings is 7. The molecule has 0 bridgehead atoms. The van der Waals surface area contributed by atoms with E-state index in [0.29, 0.717) is 5.95 Å². The number of fused-ring (bicyclic) bond motifs is 9. The molecule has 0 atom stereocenters. The van der Waals surface area contributed by atoms with Crippen LogP contribution in [0.4, 0.5) is 0 Å². The highest BCUT2D eigenvalue weighted by Crippen LogP contribution is 2.39. The van der Waals surface area contributed by atoms with Crippen LogP contribution in [0.1, 0.15) is 0 Å². The average Bonchev–Trinajstić information content (AvgIpc) is 3.66. The van der Waals surface area contributed by atoms with Crippen LogP contribution in [-0.2, 0) is 0 Å². The zero-order valence-corrected chi connectivity index (χ0v) is 25.5. The summed E-state index contributed by atoms with van der Waals surface area (Å²) in [5, 5.41) is 8.34. The summed E-state index contributed by atoms with van der Waals surface area (Å²) in [5.41, 5.74) is 7.56. The lowest BCUT2D eigenvalue weighted by Crippen LogP contribution is -2.03. The van der Waals surface area contributed by atoms with E-state index in [9.17, 15) is 0 Å². The van der Waals surface area contributed by atoms with Gasteiger partial charge < -0.3 is 0 Å². The maximum atomic E-state index is 5.32. The van der Waals surface area contributed by atoms with Crippen LogP contribution in [-0.4, -0.2) is 14.5 Å². The number of para-hydroxylation sites is 1. The Kier molecular flexibility index (Phi) is 5.45. The van der Waals surface area contributed by atoms with Gasteiger partial charge in [0.05, 0.1) is 22.2 Å². The van der Waals surface area contributed by atoms with Gasteiger partial charge in [0.25, 0.3) is 0 Å². The SMILES string of the molecule is c1ccc(-c2nc(-n3c4ccccc4c4cc(-c5ccc6sc7ccccc7c6c5)ccc43)nc3c2ccc2ccccc23)cc1. The Morgan fingerprint density at radius 3 is 1.98 bits per heavy atom. The maximum absolute atomic E-state index is 5.32. The standard InChI is InChI=1S/C42H25N3S/c1-2-11-27(12-3-1)40-33-21-18-26-10-4-5-13-30(26)41(33)44-42(43-40)45-36-16-8-6-14-31(36)34-24-28(19-22-37(34)45)29-20-23-39-35(25-29)32-15-7-9-17-38(32)46-39/h1-25H. The van der Waals surface area contributed by atoms with E-state index in [1.807, 2.05) is 17.4 Å². The molecule has 214 valence electrons. The minimum Gasteiger partial charge on any atom is -0.278 e. The third-order valence-electron chi connectivity index (χ3n) is 9.21. The third-order valence-corrected chi connectivity index (χ3v) is 10.4. The van der Waals surface area contributed by atoms with E-state index < -0.39 is 0 Å². The summed E-state index contributed by atoms with van der Waals surface area (Å²) in [5.74, 6) is 0.674. The Labute approximate surface area is 268 Å². The van der Waals surface area contributed by atoms with Gasteiger partial charge in [-0.15, -0.1) is 11.3 Å².